The summed E-state index contributed by atoms with van der Waals surface area (Å²) in [6.45, 7) is 1.58. The van der Waals surface area contributed by atoms with E-state index in [1.807, 2.05) is 5.38 Å². The largest absolute Gasteiger partial charge is 0.347 e. The van der Waals surface area contributed by atoms with Gasteiger partial charge < -0.3 is 10.2 Å². The van der Waals surface area contributed by atoms with Crippen molar-refractivity contribution in [1.29, 1.82) is 0 Å². The van der Waals surface area contributed by atoms with Crippen molar-refractivity contribution in [2.45, 2.75) is 12.5 Å². The predicted molar refractivity (Wildman–Crippen MR) is 81.6 cm³/mol. The summed E-state index contributed by atoms with van der Waals surface area (Å²) in [4.78, 5) is 18.6. The van der Waals surface area contributed by atoms with Crippen LogP contribution in [0.5, 0.6) is 0 Å². The maximum Gasteiger partial charge on any atom is 0.253 e. The summed E-state index contributed by atoms with van der Waals surface area (Å²) in [5.41, 5.74) is 0.297. The highest BCUT2D eigenvalue weighted by Crippen LogP contribution is 2.23. The van der Waals surface area contributed by atoms with Gasteiger partial charge in [0.25, 0.3) is 5.91 Å². The lowest BCUT2D eigenvalue weighted by molar-refractivity contribution is 0.0940. The zero-order chi connectivity index (χ0) is 14.8. The van der Waals surface area contributed by atoms with Crippen LogP contribution in [0.4, 0.5) is 9.52 Å². The molecule has 0 radical (unpaired) electrons. The number of carbonyl (C=O) groups excluding carboxylic acids is 1. The van der Waals surface area contributed by atoms with Crippen molar-refractivity contribution in [3.63, 3.8) is 0 Å². The van der Waals surface area contributed by atoms with Crippen LogP contribution in [0.25, 0.3) is 0 Å². The molecule has 1 fully saturated rings. The van der Waals surface area contributed by atoms with E-state index in [4.69, 9.17) is 11.6 Å². The molecule has 1 unspecified atom stereocenters. The quantitative estimate of drug-likeness (QED) is 0.943. The number of hydrogen-bond acceptors (Lipinski definition) is 4. The molecule has 7 heteroatoms. The number of nitrogens with one attached hydrogen (secondary N) is 1. The molecule has 1 aliphatic rings. The summed E-state index contributed by atoms with van der Waals surface area (Å²) in [6.07, 6.45) is 2.62. The van der Waals surface area contributed by atoms with Gasteiger partial charge in [-0.1, -0.05) is 11.6 Å². The van der Waals surface area contributed by atoms with Crippen LogP contribution < -0.4 is 10.2 Å². The number of nitrogens with zero attached hydrogens (tertiary/aromatic N) is 2. The van der Waals surface area contributed by atoms with Gasteiger partial charge in [-0.05, 0) is 24.6 Å². The Balaban J connectivity index is 1.63. The Bertz CT molecular complexity index is 650. The number of halogens is 2. The molecule has 0 bridgehead atoms. The molecule has 1 aromatic heterocycles. The van der Waals surface area contributed by atoms with Gasteiger partial charge in [0.2, 0.25) is 0 Å². The Labute approximate surface area is 130 Å². The van der Waals surface area contributed by atoms with Crippen molar-refractivity contribution in [2.24, 2.45) is 0 Å². The molecular formula is C14H13ClFN3OS. The lowest BCUT2D eigenvalue weighted by Gasteiger charge is -2.16. The highest BCUT2D eigenvalue weighted by Gasteiger charge is 2.26. The topological polar surface area (TPSA) is 45.2 Å². The van der Waals surface area contributed by atoms with Gasteiger partial charge in [0.05, 0.1) is 10.6 Å². The predicted octanol–water partition coefficient (Wildman–Crippen LogP) is 2.94. The summed E-state index contributed by atoms with van der Waals surface area (Å²) >= 11 is 7.48. The number of amides is 1. The van der Waals surface area contributed by atoms with E-state index in [1.54, 1.807) is 17.5 Å². The molecule has 1 aliphatic heterocycles. The first-order valence-electron chi connectivity index (χ1n) is 6.54. The minimum atomic E-state index is -0.452. The molecule has 21 heavy (non-hydrogen) atoms. The molecule has 1 aromatic carbocycles. The first-order chi connectivity index (χ1) is 10.1. The molecule has 0 spiro atoms. The minimum Gasteiger partial charge on any atom is -0.347 e. The standard InChI is InChI=1S/C14H13ClFN3OS/c15-12-7-9(16)1-2-11(12)13(20)18-10-3-5-19(8-10)14-17-4-6-21-14/h1-2,4,6-7,10H,3,5,8H2,(H,18,20). The highest BCUT2D eigenvalue weighted by molar-refractivity contribution is 7.13. The SMILES string of the molecule is O=C(NC1CCN(c2nccs2)C1)c1ccc(F)cc1Cl. The Morgan fingerprint density at radius 3 is 3.10 bits per heavy atom. The smallest absolute Gasteiger partial charge is 0.253 e. The van der Waals surface area contributed by atoms with Crippen molar-refractivity contribution < 1.29 is 9.18 Å². The summed E-state index contributed by atoms with van der Waals surface area (Å²) in [6, 6.07) is 3.83. The lowest BCUT2D eigenvalue weighted by atomic mass is 10.2. The van der Waals surface area contributed by atoms with E-state index in [2.05, 4.69) is 15.2 Å². The molecule has 1 amide bonds. The van der Waals surface area contributed by atoms with Gasteiger partial charge in [0.15, 0.2) is 5.13 Å². The van der Waals surface area contributed by atoms with E-state index in [0.29, 0.717) is 5.56 Å². The lowest BCUT2D eigenvalue weighted by Crippen LogP contribution is -2.37. The highest BCUT2D eigenvalue weighted by atomic mass is 35.5. The number of anilines is 1. The van der Waals surface area contributed by atoms with Crippen LogP contribution in [0.2, 0.25) is 5.02 Å². The van der Waals surface area contributed by atoms with Crippen LogP contribution >= 0.6 is 22.9 Å². The van der Waals surface area contributed by atoms with Crippen molar-refractivity contribution >= 4 is 34.0 Å². The monoisotopic (exact) mass is 325 g/mol. The van der Waals surface area contributed by atoms with Crippen molar-refractivity contribution in [3.8, 4) is 0 Å². The zero-order valence-corrected chi connectivity index (χ0v) is 12.6. The summed E-state index contributed by atoms with van der Waals surface area (Å²) < 4.78 is 13.0. The van der Waals surface area contributed by atoms with Crippen molar-refractivity contribution in [1.82, 2.24) is 10.3 Å². The first kappa shape index (κ1) is 14.3. The molecule has 110 valence electrons. The van der Waals surface area contributed by atoms with Gasteiger partial charge in [-0.25, -0.2) is 9.37 Å². The normalized spacial score (nSPS) is 18.0. The van der Waals surface area contributed by atoms with Gasteiger partial charge >= 0.3 is 0 Å². The number of carbonyl (C=O) groups is 1. The molecule has 1 N–H and O–H groups in total. The first-order valence-corrected chi connectivity index (χ1v) is 7.79. The van der Waals surface area contributed by atoms with Crippen LogP contribution in [-0.2, 0) is 0 Å². The van der Waals surface area contributed by atoms with Crippen LogP contribution in [0.1, 0.15) is 16.8 Å². The van der Waals surface area contributed by atoms with Gasteiger partial charge in [0.1, 0.15) is 5.82 Å². The van der Waals surface area contributed by atoms with Crippen LogP contribution in [0.15, 0.2) is 29.8 Å². The second-order valence-corrected chi connectivity index (χ2v) is 6.12. The van der Waals surface area contributed by atoms with E-state index in [0.717, 1.165) is 30.7 Å². The molecule has 0 saturated carbocycles. The molecule has 2 aromatic rings. The number of aromatic nitrogens is 1. The van der Waals surface area contributed by atoms with Gasteiger partial charge in [-0.3, -0.25) is 4.79 Å². The average molecular weight is 326 g/mol. The maximum atomic E-state index is 13.0. The molecule has 4 nitrogen and oxygen atoms in total. The molecule has 0 aliphatic carbocycles. The van der Waals surface area contributed by atoms with E-state index < -0.39 is 5.82 Å². The number of benzene rings is 1. The number of thiazole rings is 1. The van der Waals surface area contributed by atoms with Gasteiger partial charge in [0, 0.05) is 30.7 Å². The third-order valence-electron chi connectivity index (χ3n) is 3.39. The summed E-state index contributed by atoms with van der Waals surface area (Å²) in [5, 5.41) is 5.96. The molecule has 1 saturated heterocycles. The van der Waals surface area contributed by atoms with E-state index in [9.17, 15) is 9.18 Å². The average Bonchev–Trinajstić information content (AvgIpc) is 3.08. The molecule has 2 heterocycles. The minimum absolute atomic E-state index is 0.0440. The number of rotatable bonds is 3. The zero-order valence-electron chi connectivity index (χ0n) is 11.1. The van der Waals surface area contributed by atoms with Crippen molar-refractivity contribution in [2.75, 3.05) is 18.0 Å². The second kappa shape index (κ2) is 5.99. The van der Waals surface area contributed by atoms with E-state index in [1.165, 1.54) is 12.1 Å². The van der Waals surface area contributed by atoms with Crippen LogP contribution in [0, 0.1) is 5.82 Å². The second-order valence-electron chi connectivity index (χ2n) is 4.84. The van der Waals surface area contributed by atoms with Crippen LogP contribution in [0.3, 0.4) is 0 Å². The van der Waals surface area contributed by atoms with Gasteiger partial charge in [-0.15, -0.1) is 11.3 Å². The Hall–Kier alpha value is -1.66. The van der Waals surface area contributed by atoms with Gasteiger partial charge in [-0.2, -0.15) is 0 Å². The third-order valence-corrected chi connectivity index (χ3v) is 4.53. The fourth-order valence-electron chi connectivity index (χ4n) is 2.36. The fraction of sp³-hybridized carbons (Fsp3) is 0.286. The molecule has 1 atom stereocenters. The fourth-order valence-corrected chi connectivity index (χ4v) is 3.29. The molecule has 3 rings (SSSR count). The van der Waals surface area contributed by atoms with E-state index in [-0.39, 0.29) is 17.0 Å². The maximum absolute atomic E-state index is 13.0. The van der Waals surface area contributed by atoms with E-state index >= 15 is 0 Å². The Morgan fingerprint density at radius 1 is 1.52 bits per heavy atom. The Morgan fingerprint density at radius 2 is 2.38 bits per heavy atom. The van der Waals surface area contributed by atoms with Crippen LogP contribution in [-0.4, -0.2) is 30.0 Å². The summed E-state index contributed by atoms with van der Waals surface area (Å²) in [7, 11) is 0. The third kappa shape index (κ3) is 3.16. The number of hydrogen-bond donors (Lipinski definition) is 1. The van der Waals surface area contributed by atoms with Crippen molar-refractivity contribution in [3.05, 3.63) is 46.2 Å². The molecular weight excluding hydrogens is 313 g/mol. The Kier molecular flexibility index (Phi) is 4.07. The summed E-state index contributed by atoms with van der Waals surface area (Å²) in [5.74, 6) is -0.724.